The lowest BCUT2D eigenvalue weighted by atomic mass is 10.1. The summed E-state index contributed by atoms with van der Waals surface area (Å²) in [4.78, 5) is 14.5. The number of carbonyl (C=O) groups is 1. The average molecular weight is 256 g/mol. The summed E-state index contributed by atoms with van der Waals surface area (Å²) in [5.41, 5.74) is 5.59. The number of nitrogens with zero attached hydrogens (tertiary/aromatic N) is 1. The summed E-state index contributed by atoms with van der Waals surface area (Å²) in [6, 6.07) is 0.371. The molecule has 0 aromatic rings. The molecule has 1 aliphatic rings. The van der Waals surface area contributed by atoms with Gasteiger partial charge in [-0.25, -0.2) is 0 Å². The molecule has 0 unspecified atom stereocenters. The Labute approximate surface area is 110 Å². The van der Waals surface area contributed by atoms with Crippen LogP contribution in [0.4, 0.5) is 0 Å². The lowest BCUT2D eigenvalue weighted by Crippen LogP contribution is -2.43. The van der Waals surface area contributed by atoms with E-state index in [1.165, 1.54) is 12.8 Å². The Morgan fingerprint density at radius 3 is 2.47 bits per heavy atom. The van der Waals surface area contributed by atoms with Gasteiger partial charge in [-0.1, -0.05) is 38.9 Å². The highest BCUT2D eigenvalue weighted by molar-refractivity contribution is 7.80. The Morgan fingerprint density at radius 1 is 1.41 bits per heavy atom. The first-order valence-electron chi connectivity index (χ1n) is 6.58. The maximum Gasteiger partial charge on any atom is 0.223 e. The maximum atomic E-state index is 12.2. The van der Waals surface area contributed by atoms with Crippen LogP contribution < -0.4 is 5.73 Å². The van der Waals surface area contributed by atoms with Crippen LogP contribution in [0.25, 0.3) is 0 Å². The first-order valence-corrected chi connectivity index (χ1v) is 6.99. The van der Waals surface area contributed by atoms with E-state index in [-0.39, 0.29) is 5.91 Å². The molecule has 1 aliphatic carbocycles. The Hall–Kier alpha value is -0.640. The Balaban J connectivity index is 2.54. The second-order valence-corrected chi connectivity index (χ2v) is 5.88. The van der Waals surface area contributed by atoms with E-state index in [0.717, 1.165) is 19.3 Å². The third kappa shape index (κ3) is 5.02. The average Bonchev–Trinajstić information content (AvgIpc) is 2.75. The SMILES string of the molecule is CC(C)CCC(=O)N(CC(N)=S)C1CCCC1. The number of rotatable bonds is 6. The molecule has 3 nitrogen and oxygen atoms in total. The quantitative estimate of drug-likeness (QED) is 0.743. The number of hydrogen-bond donors (Lipinski definition) is 1. The van der Waals surface area contributed by atoms with Crippen LogP contribution in [0.1, 0.15) is 52.4 Å². The van der Waals surface area contributed by atoms with E-state index < -0.39 is 0 Å². The van der Waals surface area contributed by atoms with Crippen molar-refractivity contribution in [3.63, 3.8) is 0 Å². The summed E-state index contributed by atoms with van der Waals surface area (Å²) < 4.78 is 0. The van der Waals surface area contributed by atoms with E-state index in [2.05, 4.69) is 13.8 Å². The van der Waals surface area contributed by atoms with Crippen molar-refractivity contribution < 1.29 is 4.79 Å². The van der Waals surface area contributed by atoms with Crippen LogP contribution in [0.3, 0.4) is 0 Å². The molecule has 0 aromatic carbocycles. The Bertz CT molecular complexity index is 273. The van der Waals surface area contributed by atoms with E-state index in [0.29, 0.717) is 29.9 Å². The van der Waals surface area contributed by atoms with Gasteiger partial charge in [-0.2, -0.15) is 0 Å². The van der Waals surface area contributed by atoms with Gasteiger partial charge in [-0.05, 0) is 25.2 Å². The van der Waals surface area contributed by atoms with Crippen LogP contribution in [0.15, 0.2) is 0 Å². The van der Waals surface area contributed by atoms with Gasteiger partial charge >= 0.3 is 0 Å². The van der Waals surface area contributed by atoms with Crippen molar-refractivity contribution in [2.75, 3.05) is 6.54 Å². The molecule has 0 radical (unpaired) electrons. The third-order valence-electron chi connectivity index (χ3n) is 3.35. The molecule has 0 aliphatic heterocycles. The van der Waals surface area contributed by atoms with Crippen molar-refractivity contribution >= 4 is 23.1 Å². The molecule has 0 spiro atoms. The fourth-order valence-electron chi connectivity index (χ4n) is 2.36. The largest absolute Gasteiger partial charge is 0.392 e. The first kappa shape index (κ1) is 14.4. The summed E-state index contributed by atoms with van der Waals surface area (Å²) in [5.74, 6) is 0.785. The molecule has 98 valence electrons. The maximum absolute atomic E-state index is 12.2. The van der Waals surface area contributed by atoms with Crippen LogP contribution in [0.5, 0.6) is 0 Å². The van der Waals surface area contributed by atoms with Gasteiger partial charge in [-0.3, -0.25) is 4.79 Å². The summed E-state index contributed by atoms with van der Waals surface area (Å²) in [5, 5.41) is 0. The summed E-state index contributed by atoms with van der Waals surface area (Å²) >= 11 is 4.95. The number of thiocarbonyl (C=S) groups is 1. The molecule has 0 saturated heterocycles. The number of nitrogens with two attached hydrogens (primary N) is 1. The van der Waals surface area contributed by atoms with Gasteiger partial charge in [0.25, 0.3) is 0 Å². The molecule has 4 heteroatoms. The normalized spacial score (nSPS) is 16.4. The van der Waals surface area contributed by atoms with Crippen molar-refractivity contribution in [3.8, 4) is 0 Å². The highest BCUT2D eigenvalue weighted by atomic mass is 32.1. The highest BCUT2D eigenvalue weighted by Gasteiger charge is 2.26. The zero-order valence-electron chi connectivity index (χ0n) is 10.9. The third-order valence-corrected chi connectivity index (χ3v) is 3.48. The lowest BCUT2D eigenvalue weighted by molar-refractivity contribution is -0.132. The Kier molecular flexibility index (Phi) is 5.89. The minimum absolute atomic E-state index is 0.221. The number of hydrogen-bond acceptors (Lipinski definition) is 2. The van der Waals surface area contributed by atoms with Crippen LogP contribution in [-0.4, -0.2) is 28.4 Å². The van der Waals surface area contributed by atoms with E-state index in [9.17, 15) is 4.79 Å². The fraction of sp³-hybridized carbons (Fsp3) is 0.846. The second kappa shape index (κ2) is 6.94. The van der Waals surface area contributed by atoms with Crippen LogP contribution in [0, 0.1) is 5.92 Å². The summed E-state index contributed by atoms with van der Waals surface area (Å²) in [6.07, 6.45) is 6.22. The van der Waals surface area contributed by atoms with Gasteiger partial charge in [0.1, 0.15) is 0 Å². The molecule has 1 saturated carbocycles. The summed E-state index contributed by atoms with van der Waals surface area (Å²) in [6.45, 7) is 4.73. The molecule has 1 rings (SSSR count). The Morgan fingerprint density at radius 2 is 2.00 bits per heavy atom. The fourth-order valence-corrected chi connectivity index (χ4v) is 2.50. The topological polar surface area (TPSA) is 46.3 Å². The monoisotopic (exact) mass is 256 g/mol. The first-order chi connectivity index (χ1) is 8.00. The molecule has 17 heavy (non-hydrogen) atoms. The molecule has 1 fully saturated rings. The van der Waals surface area contributed by atoms with E-state index in [4.69, 9.17) is 18.0 Å². The zero-order chi connectivity index (χ0) is 12.8. The second-order valence-electron chi connectivity index (χ2n) is 5.36. The van der Waals surface area contributed by atoms with Crippen molar-refractivity contribution in [3.05, 3.63) is 0 Å². The molecule has 0 heterocycles. The van der Waals surface area contributed by atoms with Crippen molar-refractivity contribution in [2.45, 2.75) is 58.4 Å². The van der Waals surface area contributed by atoms with Crippen LogP contribution in [0.2, 0.25) is 0 Å². The molecular weight excluding hydrogens is 232 g/mol. The molecular formula is C13H24N2OS. The van der Waals surface area contributed by atoms with E-state index in [1.807, 2.05) is 4.90 Å². The van der Waals surface area contributed by atoms with E-state index in [1.54, 1.807) is 0 Å². The molecule has 1 amide bonds. The van der Waals surface area contributed by atoms with Crippen molar-refractivity contribution in [2.24, 2.45) is 11.7 Å². The van der Waals surface area contributed by atoms with Gasteiger partial charge in [0.15, 0.2) is 0 Å². The lowest BCUT2D eigenvalue weighted by Gasteiger charge is -2.29. The predicted octanol–water partition coefficient (Wildman–Crippen LogP) is 2.48. The minimum atomic E-state index is 0.221. The standard InChI is InChI=1S/C13H24N2OS/c1-10(2)7-8-13(16)15(9-12(14)17)11-5-3-4-6-11/h10-11H,3-9H2,1-2H3,(H2,14,17). The van der Waals surface area contributed by atoms with Gasteiger partial charge in [0.2, 0.25) is 5.91 Å². The van der Waals surface area contributed by atoms with Crippen LogP contribution in [-0.2, 0) is 4.79 Å². The molecule has 2 N–H and O–H groups in total. The summed E-state index contributed by atoms with van der Waals surface area (Å²) in [7, 11) is 0. The van der Waals surface area contributed by atoms with Crippen molar-refractivity contribution in [1.82, 2.24) is 4.90 Å². The zero-order valence-corrected chi connectivity index (χ0v) is 11.8. The van der Waals surface area contributed by atoms with Gasteiger partial charge < -0.3 is 10.6 Å². The van der Waals surface area contributed by atoms with Gasteiger partial charge in [0, 0.05) is 12.5 Å². The molecule has 0 aromatic heterocycles. The molecule has 0 atom stereocenters. The number of carbonyl (C=O) groups excluding carboxylic acids is 1. The smallest absolute Gasteiger partial charge is 0.223 e. The highest BCUT2D eigenvalue weighted by Crippen LogP contribution is 2.24. The predicted molar refractivity (Wildman–Crippen MR) is 74.8 cm³/mol. The molecule has 0 bridgehead atoms. The van der Waals surface area contributed by atoms with Gasteiger partial charge in [0.05, 0.1) is 11.5 Å². The van der Waals surface area contributed by atoms with Crippen molar-refractivity contribution in [1.29, 1.82) is 0 Å². The van der Waals surface area contributed by atoms with Gasteiger partial charge in [-0.15, -0.1) is 0 Å². The minimum Gasteiger partial charge on any atom is -0.392 e. The van der Waals surface area contributed by atoms with Crippen LogP contribution >= 0.6 is 12.2 Å². The van der Waals surface area contributed by atoms with E-state index >= 15 is 0 Å². The number of amides is 1.